The van der Waals surface area contributed by atoms with Crippen LogP contribution in [0.1, 0.15) is 12.7 Å². The number of benzene rings is 1. The number of nitrogens with one attached hydrogen (secondary N) is 1. The van der Waals surface area contributed by atoms with E-state index in [2.05, 4.69) is 42.8 Å². The average molecular weight is 247 g/mol. The van der Waals surface area contributed by atoms with Crippen LogP contribution < -0.4 is 5.32 Å². The summed E-state index contributed by atoms with van der Waals surface area (Å²) in [6, 6.07) is 12.7. The monoisotopic (exact) mass is 247 g/mol. The summed E-state index contributed by atoms with van der Waals surface area (Å²) in [5, 5.41) is 3.52. The second kappa shape index (κ2) is 5.82. The fourth-order valence-electron chi connectivity index (χ4n) is 1.81. The van der Waals surface area contributed by atoms with Gasteiger partial charge in [-0.05, 0) is 37.4 Å². The lowest BCUT2D eigenvalue weighted by Crippen LogP contribution is -2.18. The van der Waals surface area contributed by atoms with Gasteiger partial charge in [0.25, 0.3) is 0 Å². The highest BCUT2D eigenvalue weighted by Crippen LogP contribution is 2.25. The summed E-state index contributed by atoms with van der Waals surface area (Å²) >= 11 is 1.76. The van der Waals surface area contributed by atoms with Crippen LogP contribution in [-0.2, 0) is 6.42 Å². The van der Waals surface area contributed by atoms with Crippen LogP contribution in [-0.4, -0.2) is 12.3 Å². The van der Waals surface area contributed by atoms with Crippen LogP contribution in [0.4, 0.5) is 5.69 Å². The average Bonchev–Trinajstić information content (AvgIpc) is 2.82. The van der Waals surface area contributed by atoms with E-state index in [1.807, 2.05) is 12.1 Å². The van der Waals surface area contributed by atoms with E-state index in [-0.39, 0.29) is 0 Å². The van der Waals surface area contributed by atoms with Crippen molar-refractivity contribution in [1.82, 2.24) is 0 Å². The molecule has 0 fully saturated rings. The van der Waals surface area contributed by atoms with E-state index in [9.17, 15) is 0 Å². The van der Waals surface area contributed by atoms with Crippen molar-refractivity contribution >= 4 is 17.4 Å². The predicted octanol–water partition coefficient (Wildman–Crippen LogP) is 4.04. The predicted molar refractivity (Wildman–Crippen MR) is 73.7 cm³/mol. The topological polar surface area (TPSA) is 25.2 Å². The van der Waals surface area contributed by atoms with Gasteiger partial charge in [-0.1, -0.05) is 12.1 Å². The van der Waals surface area contributed by atoms with E-state index in [1.54, 1.807) is 18.0 Å². The molecule has 0 saturated carbocycles. The lowest BCUT2D eigenvalue weighted by atomic mass is 10.2. The first-order chi connectivity index (χ1) is 8.29. The minimum atomic E-state index is 0.356. The first kappa shape index (κ1) is 12.1. The van der Waals surface area contributed by atoms with Crippen LogP contribution in [0, 0.1) is 0 Å². The van der Waals surface area contributed by atoms with Gasteiger partial charge in [0.15, 0.2) is 0 Å². The molecule has 1 unspecified atom stereocenters. The van der Waals surface area contributed by atoms with Gasteiger partial charge in [0.1, 0.15) is 5.76 Å². The van der Waals surface area contributed by atoms with Gasteiger partial charge < -0.3 is 9.73 Å². The van der Waals surface area contributed by atoms with Crippen molar-refractivity contribution in [2.24, 2.45) is 0 Å². The number of anilines is 1. The van der Waals surface area contributed by atoms with Crippen molar-refractivity contribution < 1.29 is 4.42 Å². The molecule has 90 valence electrons. The van der Waals surface area contributed by atoms with Crippen LogP contribution >= 0.6 is 11.8 Å². The van der Waals surface area contributed by atoms with Gasteiger partial charge >= 0.3 is 0 Å². The van der Waals surface area contributed by atoms with Gasteiger partial charge in [-0.25, -0.2) is 0 Å². The van der Waals surface area contributed by atoms with Crippen molar-refractivity contribution in [3.8, 4) is 0 Å². The van der Waals surface area contributed by atoms with E-state index in [4.69, 9.17) is 4.42 Å². The van der Waals surface area contributed by atoms with Crippen molar-refractivity contribution in [2.75, 3.05) is 11.6 Å². The molecule has 1 atom stereocenters. The second-order valence-corrected chi connectivity index (χ2v) is 4.88. The molecular weight excluding hydrogens is 230 g/mol. The fraction of sp³-hybridized carbons (Fsp3) is 0.286. The largest absolute Gasteiger partial charge is 0.469 e. The molecule has 0 saturated heterocycles. The summed E-state index contributed by atoms with van der Waals surface area (Å²) < 4.78 is 5.35. The van der Waals surface area contributed by atoms with Gasteiger partial charge in [-0.15, -0.1) is 11.8 Å². The molecule has 0 amide bonds. The Morgan fingerprint density at radius 1 is 1.24 bits per heavy atom. The third-order valence-electron chi connectivity index (χ3n) is 2.60. The Labute approximate surface area is 106 Å². The zero-order chi connectivity index (χ0) is 12.1. The van der Waals surface area contributed by atoms with Crippen LogP contribution in [0.25, 0.3) is 0 Å². The Morgan fingerprint density at radius 3 is 2.76 bits per heavy atom. The molecule has 0 bridgehead atoms. The van der Waals surface area contributed by atoms with Crippen LogP contribution in [0.15, 0.2) is 52.0 Å². The number of thioether (sulfide) groups is 1. The minimum absolute atomic E-state index is 0.356. The molecule has 1 aromatic heterocycles. The van der Waals surface area contributed by atoms with Crippen LogP contribution in [0.2, 0.25) is 0 Å². The highest BCUT2D eigenvalue weighted by Gasteiger charge is 2.07. The Balaban J connectivity index is 2.00. The summed E-state index contributed by atoms with van der Waals surface area (Å²) in [5.74, 6) is 1.02. The van der Waals surface area contributed by atoms with Crippen LogP contribution in [0.3, 0.4) is 0 Å². The fourth-order valence-corrected chi connectivity index (χ4v) is 2.37. The Morgan fingerprint density at radius 2 is 2.06 bits per heavy atom. The highest BCUT2D eigenvalue weighted by atomic mass is 32.2. The maximum absolute atomic E-state index is 5.35. The van der Waals surface area contributed by atoms with E-state index in [0.717, 1.165) is 12.2 Å². The van der Waals surface area contributed by atoms with Crippen molar-refractivity contribution in [2.45, 2.75) is 24.3 Å². The molecule has 2 rings (SSSR count). The van der Waals surface area contributed by atoms with E-state index >= 15 is 0 Å². The normalized spacial score (nSPS) is 12.4. The van der Waals surface area contributed by atoms with Gasteiger partial charge in [0.05, 0.1) is 6.26 Å². The first-order valence-electron chi connectivity index (χ1n) is 5.71. The summed E-state index contributed by atoms with van der Waals surface area (Å²) in [5.41, 5.74) is 1.19. The number of rotatable bonds is 5. The number of hydrogen-bond donors (Lipinski definition) is 1. The maximum Gasteiger partial charge on any atom is 0.105 e. The van der Waals surface area contributed by atoms with Crippen molar-refractivity contribution in [1.29, 1.82) is 0 Å². The maximum atomic E-state index is 5.35. The number of hydrogen-bond acceptors (Lipinski definition) is 3. The molecule has 1 aromatic carbocycles. The quantitative estimate of drug-likeness (QED) is 0.807. The zero-order valence-corrected chi connectivity index (χ0v) is 11.0. The number of para-hydroxylation sites is 1. The lowest BCUT2D eigenvalue weighted by Gasteiger charge is -2.16. The van der Waals surface area contributed by atoms with E-state index in [1.165, 1.54) is 10.6 Å². The standard InChI is InChI=1S/C14H17NOS/c1-11(10-12-6-5-9-16-12)15-13-7-3-4-8-14(13)17-2/h3-9,11,15H,10H2,1-2H3. The molecule has 0 radical (unpaired) electrons. The zero-order valence-electron chi connectivity index (χ0n) is 10.1. The Hall–Kier alpha value is -1.35. The molecule has 3 heteroatoms. The Bertz CT molecular complexity index is 453. The highest BCUT2D eigenvalue weighted by molar-refractivity contribution is 7.98. The minimum Gasteiger partial charge on any atom is -0.469 e. The van der Waals surface area contributed by atoms with Gasteiger partial charge in [0, 0.05) is 23.0 Å². The molecular formula is C14H17NOS. The van der Waals surface area contributed by atoms with Crippen molar-refractivity contribution in [3.05, 3.63) is 48.4 Å². The molecule has 2 nitrogen and oxygen atoms in total. The summed E-state index contributed by atoms with van der Waals surface area (Å²) in [6.45, 7) is 2.17. The molecule has 17 heavy (non-hydrogen) atoms. The third kappa shape index (κ3) is 3.30. The Kier molecular flexibility index (Phi) is 4.15. The van der Waals surface area contributed by atoms with Gasteiger partial charge in [-0.3, -0.25) is 0 Å². The summed E-state index contributed by atoms with van der Waals surface area (Å²) in [7, 11) is 0. The van der Waals surface area contributed by atoms with Gasteiger partial charge in [0.2, 0.25) is 0 Å². The molecule has 0 spiro atoms. The van der Waals surface area contributed by atoms with Gasteiger partial charge in [-0.2, -0.15) is 0 Å². The molecule has 0 aliphatic rings. The molecule has 0 aliphatic heterocycles. The smallest absolute Gasteiger partial charge is 0.105 e. The summed E-state index contributed by atoms with van der Waals surface area (Å²) in [4.78, 5) is 1.28. The van der Waals surface area contributed by atoms with E-state index in [0.29, 0.717) is 6.04 Å². The number of furan rings is 1. The van der Waals surface area contributed by atoms with Crippen LogP contribution in [0.5, 0.6) is 0 Å². The molecule has 0 aliphatic carbocycles. The molecule has 1 heterocycles. The molecule has 2 aromatic rings. The SMILES string of the molecule is CSc1ccccc1NC(C)Cc1ccco1. The first-order valence-corrected chi connectivity index (χ1v) is 6.94. The summed E-state index contributed by atoms with van der Waals surface area (Å²) in [6.07, 6.45) is 4.71. The lowest BCUT2D eigenvalue weighted by molar-refractivity contribution is 0.497. The molecule has 1 N–H and O–H groups in total. The second-order valence-electron chi connectivity index (χ2n) is 4.03. The van der Waals surface area contributed by atoms with Crippen molar-refractivity contribution in [3.63, 3.8) is 0 Å². The van der Waals surface area contributed by atoms with E-state index < -0.39 is 0 Å². The third-order valence-corrected chi connectivity index (χ3v) is 3.39.